The Labute approximate surface area is 118 Å². The molecule has 0 spiro atoms. The van der Waals surface area contributed by atoms with Gasteiger partial charge in [0.1, 0.15) is 12.4 Å². The molecule has 0 fully saturated rings. The maximum absolute atomic E-state index is 9.61. The van der Waals surface area contributed by atoms with Crippen LogP contribution in [0.25, 0.3) is 10.8 Å². The van der Waals surface area contributed by atoms with Gasteiger partial charge in [-0.2, -0.15) is 0 Å². The zero-order chi connectivity index (χ0) is 13.0. The summed E-state index contributed by atoms with van der Waals surface area (Å²) in [6, 6.07) is 13.7. The number of nitrogens with two attached hydrogens (primary N) is 1. The summed E-state index contributed by atoms with van der Waals surface area (Å²) in [4.78, 5) is 0. The second-order valence-electron chi connectivity index (χ2n) is 4.17. The maximum atomic E-state index is 9.61. The SMILES string of the molecule is Cl.N=C(N)CC(O)COc1cccc2ccccc12. The van der Waals surface area contributed by atoms with Crippen LogP contribution in [0.2, 0.25) is 0 Å². The highest BCUT2D eigenvalue weighted by Crippen LogP contribution is 2.25. The van der Waals surface area contributed by atoms with Crippen molar-refractivity contribution in [1.29, 1.82) is 5.41 Å². The summed E-state index contributed by atoms with van der Waals surface area (Å²) in [6.45, 7) is 0.133. The van der Waals surface area contributed by atoms with Crippen molar-refractivity contribution >= 4 is 29.0 Å². The largest absolute Gasteiger partial charge is 0.490 e. The van der Waals surface area contributed by atoms with E-state index in [0.717, 1.165) is 16.5 Å². The predicted octanol–water partition coefficient (Wildman–Crippen LogP) is 2.33. The molecule has 0 heterocycles. The van der Waals surface area contributed by atoms with E-state index in [9.17, 15) is 5.11 Å². The summed E-state index contributed by atoms with van der Waals surface area (Å²) >= 11 is 0. The lowest BCUT2D eigenvalue weighted by atomic mass is 10.1. The Balaban J connectivity index is 0.00000180. The lowest BCUT2D eigenvalue weighted by Crippen LogP contribution is -2.24. The second-order valence-corrected chi connectivity index (χ2v) is 4.17. The second kappa shape index (κ2) is 6.97. The fourth-order valence-corrected chi connectivity index (χ4v) is 1.82. The molecule has 0 aliphatic heterocycles. The van der Waals surface area contributed by atoms with Gasteiger partial charge in [0.2, 0.25) is 0 Å². The van der Waals surface area contributed by atoms with Crippen LogP contribution in [0.15, 0.2) is 42.5 Å². The van der Waals surface area contributed by atoms with Gasteiger partial charge in [-0.05, 0) is 11.5 Å². The number of aliphatic hydroxyl groups excluding tert-OH is 1. The van der Waals surface area contributed by atoms with E-state index < -0.39 is 6.10 Å². The highest BCUT2D eigenvalue weighted by Gasteiger charge is 2.08. The van der Waals surface area contributed by atoms with Gasteiger partial charge in [0.15, 0.2) is 0 Å². The standard InChI is InChI=1S/C14H16N2O2.ClH/c15-14(16)8-11(17)9-18-13-7-3-5-10-4-1-2-6-12(10)13;/h1-7,11,17H,8-9H2,(H3,15,16);1H. The summed E-state index contributed by atoms with van der Waals surface area (Å²) in [5.41, 5.74) is 5.22. The first kappa shape index (κ1) is 15.3. The molecule has 1 atom stereocenters. The summed E-state index contributed by atoms with van der Waals surface area (Å²) in [5, 5.41) is 18.8. The highest BCUT2D eigenvalue weighted by atomic mass is 35.5. The first-order valence-corrected chi connectivity index (χ1v) is 5.78. The fraction of sp³-hybridized carbons (Fsp3) is 0.214. The van der Waals surface area contributed by atoms with Crippen molar-refractivity contribution in [2.24, 2.45) is 5.73 Å². The Morgan fingerprint density at radius 2 is 1.89 bits per heavy atom. The number of rotatable bonds is 5. The van der Waals surface area contributed by atoms with Gasteiger partial charge in [-0.25, -0.2) is 0 Å². The third kappa shape index (κ3) is 4.12. The quantitative estimate of drug-likeness (QED) is 0.581. The lowest BCUT2D eigenvalue weighted by molar-refractivity contribution is 0.114. The Morgan fingerprint density at radius 1 is 1.21 bits per heavy atom. The van der Waals surface area contributed by atoms with Gasteiger partial charge in [0, 0.05) is 11.8 Å². The summed E-state index contributed by atoms with van der Waals surface area (Å²) < 4.78 is 5.58. The minimum absolute atomic E-state index is 0. The number of hydrogen-bond donors (Lipinski definition) is 3. The molecular formula is C14H17ClN2O2. The Bertz CT molecular complexity index is 555. The van der Waals surface area contributed by atoms with Gasteiger partial charge in [-0.1, -0.05) is 36.4 Å². The van der Waals surface area contributed by atoms with Gasteiger partial charge in [0.05, 0.1) is 11.9 Å². The van der Waals surface area contributed by atoms with Gasteiger partial charge in [-0.3, -0.25) is 5.41 Å². The van der Waals surface area contributed by atoms with E-state index in [4.69, 9.17) is 15.9 Å². The minimum Gasteiger partial charge on any atom is -0.490 e. The topological polar surface area (TPSA) is 79.3 Å². The molecule has 1 unspecified atom stereocenters. The average Bonchev–Trinajstić information content (AvgIpc) is 2.35. The summed E-state index contributed by atoms with van der Waals surface area (Å²) in [5.74, 6) is 0.694. The molecule has 4 N–H and O–H groups in total. The van der Waals surface area contributed by atoms with Crippen LogP contribution in [0, 0.1) is 5.41 Å². The number of hydrogen-bond acceptors (Lipinski definition) is 3. The third-order valence-electron chi connectivity index (χ3n) is 2.64. The molecular weight excluding hydrogens is 264 g/mol. The predicted molar refractivity (Wildman–Crippen MR) is 79.2 cm³/mol. The number of aliphatic hydroxyl groups is 1. The van der Waals surface area contributed by atoms with Crippen molar-refractivity contribution in [3.05, 3.63) is 42.5 Å². The van der Waals surface area contributed by atoms with E-state index in [0.29, 0.717) is 0 Å². The van der Waals surface area contributed by atoms with E-state index in [1.54, 1.807) is 0 Å². The molecule has 0 aromatic heterocycles. The molecule has 2 rings (SSSR count). The van der Waals surface area contributed by atoms with Gasteiger partial charge < -0.3 is 15.6 Å². The number of nitrogens with one attached hydrogen (secondary N) is 1. The molecule has 0 aliphatic carbocycles. The molecule has 0 aliphatic rings. The summed E-state index contributed by atoms with van der Waals surface area (Å²) in [6.07, 6.45) is -0.619. The zero-order valence-electron chi connectivity index (χ0n) is 10.4. The van der Waals surface area contributed by atoms with E-state index in [1.165, 1.54) is 0 Å². The van der Waals surface area contributed by atoms with Crippen LogP contribution in [0.1, 0.15) is 6.42 Å². The van der Waals surface area contributed by atoms with Crippen LogP contribution in [-0.2, 0) is 0 Å². The van der Waals surface area contributed by atoms with Crippen LogP contribution in [0.3, 0.4) is 0 Å². The molecule has 19 heavy (non-hydrogen) atoms. The van der Waals surface area contributed by atoms with E-state index in [1.807, 2.05) is 42.5 Å². The molecule has 102 valence electrons. The van der Waals surface area contributed by atoms with E-state index >= 15 is 0 Å². The number of amidine groups is 1. The third-order valence-corrected chi connectivity index (χ3v) is 2.64. The van der Waals surface area contributed by atoms with Crippen molar-refractivity contribution in [3.63, 3.8) is 0 Å². The average molecular weight is 281 g/mol. The van der Waals surface area contributed by atoms with Gasteiger partial charge in [0.25, 0.3) is 0 Å². The molecule has 2 aromatic carbocycles. The molecule has 2 aromatic rings. The van der Waals surface area contributed by atoms with Crippen LogP contribution in [0.4, 0.5) is 0 Å². The summed E-state index contributed by atoms with van der Waals surface area (Å²) in [7, 11) is 0. The first-order chi connectivity index (χ1) is 8.66. The smallest absolute Gasteiger partial charge is 0.127 e. The number of halogens is 1. The number of fused-ring (bicyclic) bond motifs is 1. The molecule has 0 saturated carbocycles. The Hall–Kier alpha value is -1.78. The molecule has 4 nitrogen and oxygen atoms in total. The van der Waals surface area contributed by atoms with Crippen molar-refractivity contribution in [1.82, 2.24) is 0 Å². The molecule has 0 amide bonds. The zero-order valence-corrected chi connectivity index (χ0v) is 11.2. The van der Waals surface area contributed by atoms with Gasteiger partial charge >= 0.3 is 0 Å². The van der Waals surface area contributed by atoms with Crippen LogP contribution in [-0.4, -0.2) is 23.7 Å². The van der Waals surface area contributed by atoms with E-state index in [2.05, 4.69) is 0 Å². The van der Waals surface area contributed by atoms with Crippen LogP contribution >= 0.6 is 12.4 Å². The molecule has 0 radical (unpaired) electrons. The van der Waals surface area contributed by atoms with Crippen molar-refractivity contribution in [2.45, 2.75) is 12.5 Å². The fourth-order valence-electron chi connectivity index (χ4n) is 1.82. The van der Waals surface area contributed by atoms with Crippen molar-refractivity contribution < 1.29 is 9.84 Å². The Morgan fingerprint density at radius 3 is 2.63 bits per heavy atom. The van der Waals surface area contributed by atoms with Crippen molar-refractivity contribution in [3.8, 4) is 5.75 Å². The lowest BCUT2D eigenvalue weighted by Gasteiger charge is -2.13. The molecule has 0 saturated heterocycles. The van der Waals surface area contributed by atoms with E-state index in [-0.39, 0.29) is 31.3 Å². The number of benzene rings is 2. The monoisotopic (exact) mass is 280 g/mol. The highest BCUT2D eigenvalue weighted by molar-refractivity contribution is 5.88. The first-order valence-electron chi connectivity index (χ1n) is 5.78. The normalized spacial score (nSPS) is 11.6. The van der Waals surface area contributed by atoms with Crippen LogP contribution < -0.4 is 10.5 Å². The number of ether oxygens (including phenoxy) is 1. The minimum atomic E-state index is -0.749. The molecule has 0 bridgehead atoms. The molecule has 5 heteroatoms. The maximum Gasteiger partial charge on any atom is 0.127 e. The van der Waals surface area contributed by atoms with Crippen LogP contribution in [0.5, 0.6) is 5.75 Å². The van der Waals surface area contributed by atoms with Crippen molar-refractivity contribution in [2.75, 3.05) is 6.61 Å². The Kier molecular flexibility index (Phi) is 5.60. The van der Waals surface area contributed by atoms with Gasteiger partial charge in [-0.15, -0.1) is 12.4 Å².